The van der Waals surface area contributed by atoms with Gasteiger partial charge in [0.1, 0.15) is 11.5 Å². The molecule has 0 bridgehead atoms. The van der Waals surface area contributed by atoms with E-state index in [2.05, 4.69) is 9.97 Å². The number of carbonyl (C=O) groups excluding carboxylic acids is 1. The highest BCUT2D eigenvalue weighted by Gasteiger charge is 2.15. The van der Waals surface area contributed by atoms with Crippen LogP contribution in [-0.2, 0) is 0 Å². The maximum Gasteiger partial charge on any atom is 0.215 e. The molecular weight excluding hydrogens is 243 g/mol. The quantitative estimate of drug-likeness (QED) is 0.770. The molecule has 0 amide bonds. The van der Waals surface area contributed by atoms with Gasteiger partial charge in [0.2, 0.25) is 5.78 Å². The summed E-state index contributed by atoms with van der Waals surface area (Å²) < 4.78 is 13.5. The van der Waals surface area contributed by atoms with Gasteiger partial charge >= 0.3 is 0 Å². The number of aryl methyl sites for hydroxylation is 1. The first-order chi connectivity index (χ1) is 8.08. The fraction of sp³-hybridized carbons (Fsp3) is 0.0833. The predicted octanol–water partition coefficient (Wildman–Crippen LogP) is 2.81. The Morgan fingerprint density at radius 3 is 2.65 bits per heavy atom. The molecule has 0 spiro atoms. The first-order valence-corrected chi connectivity index (χ1v) is 5.24. The Hall–Kier alpha value is -1.81. The molecule has 3 nitrogen and oxygen atoms in total. The highest BCUT2D eigenvalue weighted by atomic mass is 35.5. The lowest BCUT2D eigenvalue weighted by Crippen LogP contribution is -2.07. The summed E-state index contributed by atoms with van der Waals surface area (Å²) in [6, 6.07) is 3.89. The number of halogens is 2. The minimum Gasteiger partial charge on any atom is -0.287 e. The van der Waals surface area contributed by atoms with Gasteiger partial charge in [0.05, 0.1) is 17.5 Å². The van der Waals surface area contributed by atoms with Crippen LogP contribution in [0.5, 0.6) is 0 Å². The van der Waals surface area contributed by atoms with Gasteiger partial charge in [0.25, 0.3) is 0 Å². The van der Waals surface area contributed by atoms with Crippen molar-refractivity contribution >= 4 is 17.4 Å². The van der Waals surface area contributed by atoms with Crippen molar-refractivity contribution < 1.29 is 9.18 Å². The zero-order valence-corrected chi connectivity index (χ0v) is 9.70. The summed E-state index contributed by atoms with van der Waals surface area (Å²) in [5.41, 5.74) is 0.738. The van der Waals surface area contributed by atoms with Gasteiger partial charge in [-0.3, -0.25) is 9.78 Å². The Bertz CT molecular complexity index is 569. The van der Waals surface area contributed by atoms with Crippen molar-refractivity contribution in [3.8, 4) is 0 Å². The molecule has 0 N–H and O–H groups in total. The van der Waals surface area contributed by atoms with E-state index in [1.807, 2.05) is 0 Å². The van der Waals surface area contributed by atoms with E-state index >= 15 is 0 Å². The molecule has 0 unspecified atom stereocenters. The van der Waals surface area contributed by atoms with Crippen LogP contribution in [0.15, 0.2) is 30.6 Å². The fourth-order valence-electron chi connectivity index (χ4n) is 1.32. The first kappa shape index (κ1) is 11.7. The summed E-state index contributed by atoms with van der Waals surface area (Å²) in [6.07, 6.45) is 2.78. The molecule has 2 rings (SSSR count). The molecule has 1 aromatic carbocycles. The molecular formula is C12H8ClFN2O. The molecule has 17 heavy (non-hydrogen) atoms. The van der Waals surface area contributed by atoms with Gasteiger partial charge < -0.3 is 0 Å². The van der Waals surface area contributed by atoms with E-state index in [0.29, 0.717) is 5.69 Å². The smallest absolute Gasteiger partial charge is 0.215 e. The van der Waals surface area contributed by atoms with Crippen molar-refractivity contribution in [2.24, 2.45) is 0 Å². The molecule has 5 heteroatoms. The van der Waals surface area contributed by atoms with Crippen molar-refractivity contribution in [1.82, 2.24) is 9.97 Å². The summed E-state index contributed by atoms with van der Waals surface area (Å²) in [5, 5.41) is 0.244. The lowest BCUT2D eigenvalue weighted by atomic mass is 10.1. The van der Waals surface area contributed by atoms with Crippen LogP contribution in [-0.4, -0.2) is 15.8 Å². The number of rotatable bonds is 2. The Morgan fingerprint density at radius 1 is 1.29 bits per heavy atom. The molecule has 0 radical (unpaired) electrons. The van der Waals surface area contributed by atoms with Crippen molar-refractivity contribution in [1.29, 1.82) is 0 Å². The SMILES string of the molecule is Cc1cnc(C(=O)c2ccc(Cl)cc2F)cn1. The maximum absolute atomic E-state index is 13.5. The summed E-state index contributed by atoms with van der Waals surface area (Å²) in [6.45, 7) is 1.75. The Morgan fingerprint density at radius 2 is 2.06 bits per heavy atom. The van der Waals surface area contributed by atoms with Gasteiger partial charge in [0, 0.05) is 11.2 Å². The van der Waals surface area contributed by atoms with E-state index in [4.69, 9.17) is 11.6 Å². The minimum absolute atomic E-state index is 0.0625. The highest BCUT2D eigenvalue weighted by Crippen LogP contribution is 2.17. The van der Waals surface area contributed by atoms with E-state index < -0.39 is 11.6 Å². The Balaban J connectivity index is 2.40. The number of nitrogens with zero attached hydrogens (tertiary/aromatic N) is 2. The molecule has 2 aromatic rings. The normalized spacial score (nSPS) is 10.3. The zero-order chi connectivity index (χ0) is 12.4. The van der Waals surface area contributed by atoms with E-state index in [0.717, 1.165) is 6.07 Å². The van der Waals surface area contributed by atoms with Crippen LogP contribution in [0, 0.1) is 12.7 Å². The van der Waals surface area contributed by atoms with Crippen molar-refractivity contribution in [3.05, 3.63) is 58.4 Å². The van der Waals surface area contributed by atoms with Gasteiger partial charge in [0.15, 0.2) is 0 Å². The largest absolute Gasteiger partial charge is 0.287 e. The Labute approximate surface area is 102 Å². The van der Waals surface area contributed by atoms with Crippen molar-refractivity contribution in [3.63, 3.8) is 0 Å². The van der Waals surface area contributed by atoms with Crippen molar-refractivity contribution in [2.75, 3.05) is 0 Å². The second-order valence-corrected chi connectivity index (χ2v) is 3.93. The van der Waals surface area contributed by atoms with Gasteiger partial charge in [-0.15, -0.1) is 0 Å². The summed E-state index contributed by atoms with van der Waals surface area (Å²) in [5.74, 6) is -1.17. The number of benzene rings is 1. The average Bonchev–Trinajstić information content (AvgIpc) is 2.29. The Kier molecular flexibility index (Phi) is 3.15. The van der Waals surface area contributed by atoms with E-state index in [9.17, 15) is 9.18 Å². The van der Waals surface area contributed by atoms with Gasteiger partial charge in [-0.1, -0.05) is 11.6 Å². The summed E-state index contributed by atoms with van der Waals surface area (Å²) in [7, 11) is 0. The standard InChI is InChI=1S/C12H8ClFN2O/c1-7-5-16-11(6-15-7)12(17)9-3-2-8(13)4-10(9)14/h2-6H,1H3. The minimum atomic E-state index is -0.662. The molecule has 0 saturated carbocycles. The van der Waals surface area contributed by atoms with Crippen LogP contribution in [0.2, 0.25) is 5.02 Å². The molecule has 0 aliphatic carbocycles. The maximum atomic E-state index is 13.5. The molecule has 0 atom stereocenters. The molecule has 0 aliphatic rings. The third-order valence-corrected chi connectivity index (χ3v) is 2.42. The molecule has 0 saturated heterocycles. The molecule has 0 fully saturated rings. The van der Waals surface area contributed by atoms with E-state index in [-0.39, 0.29) is 16.3 Å². The van der Waals surface area contributed by atoms with Crippen molar-refractivity contribution in [2.45, 2.75) is 6.92 Å². The van der Waals surface area contributed by atoms with E-state index in [1.165, 1.54) is 24.5 Å². The number of hydrogen-bond donors (Lipinski definition) is 0. The van der Waals surface area contributed by atoms with Gasteiger partial charge in [-0.2, -0.15) is 0 Å². The molecule has 0 aliphatic heterocycles. The molecule has 86 valence electrons. The lowest BCUT2D eigenvalue weighted by Gasteiger charge is -2.02. The second-order valence-electron chi connectivity index (χ2n) is 3.50. The van der Waals surface area contributed by atoms with E-state index in [1.54, 1.807) is 6.92 Å². The van der Waals surface area contributed by atoms with Crippen LogP contribution >= 0.6 is 11.6 Å². The fourth-order valence-corrected chi connectivity index (χ4v) is 1.48. The zero-order valence-electron chi connectivity index (χ0n) is 8.95. The third-order valence-electron chi connectivity index (χ3n) is 2.19. The van der Waals surface area contributed by atoms with Crippen LogP contribution in [0.3, 0.4) is 0 Å². The third kappa shape index (κ3) is 2.47. The molecule has 1 heterocycles. The number of ketones is 1. The first-order valence-electron chi connectivity index (χ1n) is 4.86. The van der Waals surface area contributed by atoms with Crippen LogP contribution in [0.4, 0.5) is 4.39 Å². The van der Waals surface area contributed by atoms with Crippen LogP contribution in [0.25, 0.3) is 0 Å². The number of carbonyl (C=O) groups is 1. The van der Waals surface area contributed by atoms with Crippen LogP contribution in [0.1, 0.15) is 21.7 Å². The number of hydrogen-bond acceptors (Lipinski definition) is 3. The lowest BCUT2D eigenvalue weighted by molar-refractivity contribution is 0.103. The topological polar surface area (TPSA) is 42.9 Å². The van der Waals surface area contributed by atoms with Gasteiger partial charge in [-0.25, -0.2) is 9.37 Å². The molecule has 1 aromatic heterocycles. The number of aromatic nitrogens is 2. The predicted molar refractivity (Wildman–Crippen MR) is 61.6 cm³/mol. The monoisotopic (exact) mass is 250 g/mol. The van der Waals surface area contributed by atoms with Gasteiger partial charge in [-0.05, 0) is 25.1 Å². The summed E-state index contributed by atoms with van der Waals surface area (Å²) >= 11 is 5.61. The van der Waals surface area contributed by atoms with Crippen LogP contribution < -0.4 is 0 Å². The second kappa shape index (κ2) is 4.59. The highest BCUT2D eigenvalue weighted by molar-refractivity contribution is 6.30. The summed E-state index contributed by atoms with van der Waals surface area (Å²) in [4.78, 5) is 19.8. The average molecular weight is 251 g/mol.